The Hall–Kier alpha value is -2.50. The van der Waals surface area contributed by atoms with E-state index in [1.807, 2.05) is 0 Å². The van der Waals surface area contributed by atoms with Crippen molar-refractivity contribution in [1.82, 2.24) is 14.9 Å². The maximum atomic E-state index is 12.4. The number of allylic oxidation sites excluding steroid dienone is 1. The lowest BCUT2D eigenvalue weighted by atomic mass is 10.2. The number of nitrogens with zero attached hydrogens (tertiary/aromatic N) is 3. The number of carbonyl (C=O) groups is 2. The van der Waals surface area contributed by atoms with Gasteiger partial charge in [0.2, 0.25) is 6.41 Å². The van der Waals surface area contributed by atoms with Gasteiger partial charge in [0, 0.05) is 28.8 Å². The first kappa shape index (κ1) is 23.8. The summed E-state index contributed by atoms with van der Waals surface area (Å²) in [4.78, 5) is 51.7. The second-order valence-electron chi connectivity index (χ2n) is 6.01. The van der Waals surface area contributed by atoms with Crippen molar-refractivity contribution in [3.05, 3.63) is 52.3 Å². The fourth-order valence-corrected chi connectivity index (χ4v) is 3.55. The van der Waals surface area contributed by atoms with Gasteiger partial charge in [-0.15, -0.1) is 0 Å². The molecule has 2 aromatic rings. The van der Waals surface area contributed by atoms with E-state index in [2.05, 4.69) is 14.5 Å². The highest BCUT2D eigenvalue weighted by atomic mass is 32.2. The number of furan rings is 1. The van der Waals surface area contributed by atoms with Crippen LogP contribution in [0.4, 0.5) is 5.82 Å². The summed E-state index contributed by atoms with van der Waals surface area (Å²) < 4.78 is 20.5. The molecule has 11 nitrogen and oxygen atoms in total. The van der Waals surface area contributed by atoms with Gasteiger partial charge in [0.05, 0.1) is 19.4 Å². The van der Waals surface area contributed by atoms with E-state index >= 15 is 0 Å². The minimum Gasteiger partial charge on any atom is -0.460 e. The summed E-state index contributed by atoms with van der Waals surface area (Å²) in [5.41, 5.74) is 6.76. The summed E-state index contributed by atoms with van der Waals surface area (Å²) in [5.74, 6) is 0.791. The summed E-state index contributed by atoms with van der Waals surface area (Å²) in [7, 11) is -4.68. The largest absolute Gasteiger partial charge is 0.469 e. The number of carbonyl (C=O) groups excluding carboxylic acids is 2. The van der Waals surface area contributed by atoms with Crippen LogP contribution in [0.2, 0.25) is 0 Å². The molecule has 0 aliphatic rings. The van der Waals surface area contributed by atoms with E-state index < -0.39 is 12.9 Å². The average Bonchev–Trinajstić information content (AvgIpc) is 3.20. The number of rotatable bonds is 10. The SMILES string of the molecule is CC(=C(CCOP(=O)(O)O)SC(=O)c1ccco1)N(C=O)Cc1cnc(C)nc1N. The number of nitrogen functional groups attached to an aromatic ring is 1. The normalized spacial score (nSPS) is 12.4. The minimum absolute atomic E-state index is 0.0295. The van der Waals surface area contributed by atoms with Crippen LogP contribution in [0, 0.1) is 6.92 Å². The Kier molecular flexibility index (Phi) is 8.33. The molecule has 0 aliphatic carbocycles. The van der Waals surface area contributed by atoms with Gasteiger partial charge in [0.15, 0.2) is 5.76 Å². The van der Waals surface area contributed by atoms with Crippen LogP contribution in [0.25, 0.3) is 0 Å². The molecule has 30 heavy (non-hydrogen) atoms. The van der Waals surface area contributed by atoms with Gasteiger partial charge in [0.1, 0.15) is 11.6 Å². The summed E-state index contributed by atoms with van der Waals surface area (Å²) >= 11 is 0.773. The van der Waals surface area contributed by atoms with Crippen molar-refractivity contribution in [3.8, 4) is 0 Å². The number of amides is 1. The molecule has 2 aromatic heterocycles. The molecule has 0 spiro atoms. The molecule has 162 valence electrons. The van der Waals surface area contributed by atoms with Crippen LogP contribution in [0.3, 0.4) is 0 Å². The zero-order valence-electron chi connectivity index (χ0n) is 16.2. The first-order valence-corrected chi connectivity index (χ1v) is 10.9. The van der Waals surface area contributed by atoms with E-state index in [0.717, 1.165) is 11.8 Å². The fraction of sp³-hybridized carbons (Fsp3) is 0.294. The topological polar surface area (TPSA) is 169 Å². The lowest BCUT2D eigenvalue weighted by molar-refractivity contribution is -0.116. The number of hydrogen-bond acceptors (Lipinski definition) is 9. The molecule has 2 rings (SSSR count). The number of phosphoric acid groups is 1. The Bertz CT molecular complexity index is 974. The molecule has 4 N–H and O–H groups in total. The van der Waals surface area contributed by atoms with Crippen LogP contribution in [0.1, 0.15) is 35.3 Å². The number of nitrogens with two attached hydrogens (primary N) is 1. The number of aryl methyl sites for hydroxylation is 1. The van der Waals surface area contributed by atoms with Gasteiger partial charge in [-0.05, 0) is 37.7 Å². The van der Waals surface area contributed by atoms with E-state index in [9.17, 15) is 14.2 Å². The zero-order chi connectivity index (χ0) is 22.3. The van der Waals surface area contributed by atoms with E-state index in [1.165, 1.54) is 23.4 Å². The third-order valence-electron chi connectivity index (χ3n) is 3.85. The van der Waals surface area contributed by atoms with Gasteiger partial charge in [-0.2, -0.15) is 0 Å². The van der Waals surface area contributed by atoms with Crippen LogP contribution in [-0.4, -0.2) is 42.8 Å². The molecule has 1 amide bonds. The maximum absolute atomic E-state index is 12.4. The lowest BCUT2D eigenvalue weighted by Gasteiger charge is -2.22. The minimum atomic E-state index is -4.68. The number of thioether (sulfide) groups is 1. The van der Waals surface area contributed by atoms with Crippen LogP contribution in [-0.2, 0) is 20.4 Å². The standard InChI is InChI=1S/C17H21N4O7PS/c1-11(21(10-22)9-13-8-19-12(2)20-16(13)18)15(5-7-28-29(24,25)26)30-17(23)14-4-3-6-27-14/h3-4,6,8,10H,5,7,9H2,1-2H3,(H2,18,19,20)(H2,24,25,26). The second-order valence-corrected chi connectivity index (χ2v) is 8.32. The smallest absolute Gasteiger partial charge is 0.460 e. The number of hydrogen-bond donors (Lipinski definition) is 3. The Morgan fingerprint density at radius 1 is 1.47 bits per heavy atom. The van der Waals surface area contributed by atoms with Gasteiger partial charge in [-0.1, -0.05) is 0 Å². The van der Waals surface area contributed by atoms with Crippen molar-refractivity contribution in [2.24, 2.45) is 0 Å². The maximum Gasteiger partial charge on any atom is 0.469 e. The molecule has 0 radical (unpaired) electrons. The Morgan fingerprint density at radius 2 is 2.20 bits per heavy atom. The number of phosphoric ester groups is 1. The molecule has 0 saturated carbocycles. The molecule has 2 heterocycles. The van der Waals surface area contributed by atoms with Crippen LogP contribution < -0.4 is 5.73 Å². The van der Waals surface area contributed by atoms with Gasteiger partial charge in [0.25, 0.3) is 5.12 Å². The van der Waals surface area contributed by atoms with Crippen LogP contribution in [0.5, 0.6) is 0 Å². The summed E-state index contributed by atoms with van der Waals surface area (Å²) in [5, 5.41) is -0.436. The van der Waals surface area contributed by atoms with Crippen molar-refractivity contribution in [2.45, 2.75) is 26.8 Å². The van der Waals surface area contributed by atoms with E-state index in [4.69, 9.17) is 19.9 Å². The number of aromatic nitrogens is 2. The summed E-state index contributed by atoms with van der Waals surface area (Å²) in [6.07, 6.45) is 3.37. The van der Waals surface area contributed by atoms with Crippen LogP contribution >= 0.6 is 19.6 Å². The summed E-state index contributed by atoms with van der Waals surface area (Å²) in [6, 6.07) is 3.04. The molecular formula is C17H21N4O7PS. The van der Waals surface area contributed by atoms with Gasteiger partial charge in [-0.25, -0.2) is 14.5 Å². The quantitative estimate of drug-likeness (QED) is 0.354. The molecule has 0 atom stereocenters. The molecule has 0 saturated heterocycles. The van der Waals surface area contributed by atoms with Crippen LogP contribution in [0.15, 0.2) is 39.6 Å². The molecule has 0 aliphatic heterocycles. The molecular weight excluding hydrogens is 435 g/mol. The number of anilines is 1. The van der Waals surface area contributed by atoms with Crippen molar-refractivity contribution in [3.63, 3.8) is 0 Å². The highest BCUT2D eigenvalue weighted by Gasteiger charge is 2.20. The summed E-state index contributed by atoms with van der Waals surface area (Å²) in [6.45, 7) is 2.95. The third-order valence-corrected chi connectivity index (χ3v) is 5.50. The zero-order valence-corrected chi connectivity index (χ0v) is 17.9. The predicted molar refractivity (Wildman–Crippen MR) is 109 cm³/mol. The predicted octanol–water partition coefficient (Wildman–Crippen LogP) is 2.22. The van der Waals surface area contributed by atoms with Gasteiger partial charge in [-0.3, -0.25) is 14.1 Å². The van der Waals surface area contributed by atoms with Crippen molar-refractivity contribution in [1.29, 1.82) is 0 Å². The first-order chi connectivity index (χ1) is 14.1. The first-order valence-electron chi connectivity index (χ1n) is 8.56. The molecule has 13 heteroatoms. The van der Waals surface area contributed by atoms with E-state index in [-0.39, 0.29) is 31.2 Å². The third kappa shape index (κ3) is 7.08. The molecule has 0 fully saturated rings. The van der Waals surface area contributed by atoms with E-state index in [0.29, 0.717) is 28.4 Å². The Balaban J connectivity index is 2.28. The Labute approximate surface area is 176 Å². The highest BCUT2D eigenvalue weighted by Crippen LogP contribution is 2.37. The highest BCUT2D eigenvalue weighted by molar-refractivity contribution is 8.17. The Morgan fingerprint density at radius 3 is 2.77 bits per heavy atom. The van der Waals surface area contributed by atoms with Crippen molar-refractivity contribution < 1.29 is 32.9 Å². The van der Waals surface area contributed by atoms with Gasteiger partial charge < -0.3 is 24.8 Å². The van der Waals surface area contributed by atoms with Gasteiger partial charge >= 0.3 is 7.82 Å². The average molecular weight is 456 g/mol. The molecule has 0 aromatic carbocycles. The van der Waals surface area contributed by atoms with Crippen molar-refractivity contribution in [2.75, 3.05) is 12.3 Å². The van der Waals surface area contributed by atoms with E-state index in [1.54, 1.807) is 19.9 Å². The molecule has 0 bridgehead atoms. The monoisotopic (exact) mass is 456 g/mol. The second kappa shape index (κ2) is 10.5. The molecule has 0 unspecified atom stereocenters. The fourth-order valence-electron chi connectivity index (χ4n) is 2.33. The van der Waals surface area contributed by atoms with Crippen molar-refractivity contribution >= 4 is 36.9 Å². The lowest BCUT2D eigenvalue weighted by Crippen LogP contribution is -2.22.